The second kappa shape index (κ2) is 10.7. The number of fused-ring (bicyclic) bond motifs is 10. The van der Waals surface area contributed by atoms with Gasteiger partial charge in [0.1, 0.15) is 0 Å². The Hall–Kier alpha value is -6.52. The molecule has 1 aliphatic rings. The zero-order valence-corrected chi connectivity index (χ0v) is 28.2. The van der Waals surface area contributed by atoms with Crippen LogP contribution >= 0.6 is 0 Å². The standard InChI is InChI=1S/C47H32BN3/c1-29-14-5-10-23-38(29)49-39-26-27-42-44(35-20-9-12-25-41(35)50(42)31-16-3-2-4-17-31)43(39)36-28-30-15-6-7-18-32(30)47-45(36)48-37-22-13-21-34-33-19-8-11-24-40(33)51(47)46(34)37/h2-28,48-49H,1H3. The molecule has 51 heavy (non-hydrogen) atoms. The van der Waals surface area contributed by atoms with E-state index in [2.05, 4.69) is 185 Å². The largest absolute Gasteiger partial charge is 0.355 e. The number of aryl methyl sites for hydroxylation is 1. The molecule has 3 heterocycles. The molecular weight excluding hydrogens is 617 g/mol. The second-order valence-electron chi connectivity index (χ2n) is 13.8. The smallest absolute Gasteiger partial charge is 0.198 e. The fraction of sp³-hybridized carbons (Fsp3) is 0.0213. The predicted molar refractivity (Wildman–Crippen MR) is 219 cm³/mol. The Labute approximate surface area is 296 Å². The number of benzene rings is 8. The van der Waals surface area contributed by atoms with Crippen LogP contribution in [0.4, 0.5) is 11.4 Å². The van der Waals surface area contributed by atoms with Gasteiger partial charge in [-0.1, -0.05) is 121 Å². The minimum atomic E-state index is 0.848. The summed E-state index contributed by atoms with van der Waals surface area (Å²) < 4.78 is 4.99. The van der Waals surface area contributed by atoms with Crippen LogP contribution in [-0.4, -0.2) is 16.4 Å². The summed E-state index contributed by atoms with van der Waals surface area (Å²) in [5.41, 5.74) is 16.1. The van der Waals surface area contributed by atoms with Crippen molar-refractivity contribution in [3.63, 3.8) is 0 Å². The summed E-state index contributed by atoms with van der Waals surface area (Å²) in [7, 11) is 0.848. The van der Waals surface area contributed by atoms with Crippen LogP contribution in [-0.2, 0) is 0 Å². The monoisotopic (exact) mass is 649 g/mol. The van der Waals surface area contributed by atoms with E-state index in [0.29, 0.717) is 0 Å². The molecule has 0 fully saturated rings. The maximum Gasteiger partial charge on any atom is 0.198 e. The van der Waals surface area contributed by atoms with Crippen LogP contribution in [0.3, 0.4) is 0 Å². The van der Waals surface area contributed by atoms with Gasteiger partial charge in [-0.05, 0) is 77.4 Å². The molecule has 0 saturated heterocycles. The van der Waals surface area contributed by atoms with Crippen molar-refractivity contribution in [1.82, 2.24) is 9.13 Å². The van der Waals surface area contributed by atoms with E-state index in [4.69, 9.17) is 0 Å². The van der Waals surface area contributed by atoms with Crippen LogP contribution in [0, 0.1) is 6.92 Å². The van der Waals surface area contributed by atoms with Gasteiger partial charge in [0.05, 0.1) is 16.6 Å². The Bertz CT molecular complexity index is 3040. The highest BCUT2D eigenvalue weighted by Gasteiger charge is 2.29. The number of rotatable bonds is 4. The van der Waals surface area contributed by atoms with E-state index in [9.17, 15) is 0 Å². The molecule has 238 valence electrons. The third-order valence-electron chi connectivity index (χ3n) is 11.0. The molecule has 0 unspecified atom stereocenters. The van der Waals surface area contributed by atoms with E-state index in [-0.39, 0.29) is 0 Å². The second-order valence-corrected chi connectivity index (χ2v) is 13.8. The number of nitrogens with one attached hydrogen (secondary N) is 1. The van der Waals surface area contributed by atoms with Crippen LogP contribution in [0.5, 0.6) is 0 Å². The first kappa shape index (κ1) is 28.3. The van der Waals surface area contributed by atoms with Crippen LogP contribution < -0.4 is 16.2 Å². The van der Waals surface area contributed by atoms with Crippen molar-refractivity contribution in [1.29, 1.82) is 0 Å². The molecule has 0 aliphatic carbocycles. The molecule has 4 heteroatoms. The lowest BCUT2D eigenvalue weighted by molar-refractivity contribution is 1.18. The van der Waals surface area contributed by atoms with Gasteiger partial charge in [0.15, 0.2) is 7.28 Å². The fourth-order valence-corrected chi connectivity index (χ4v) is 8.84. The van der Waals surface area contributed by atoms with Crippen molar-refractivity contribution in [2.24, 2.45) is 0 Å². The normalized spacial score (nSPS) is 12.2. The van der Waals surface area contributed by atoms with Gasteiger partial charge in [0.2, 0.25) is 0 Å². The SMILES string of the molecule is Cc1ccccc1Nc1ccc2c(c1-c1cc3ccccc3c3c1Bc1cccc4c5ccccc5n-3c14)c1ccccc1n2-c1ccccc1. The number of anilines is 2. The first-order chi connectivity index (χ1) is 25.2. The molecule has 0 atom stereocenters. The molecule has 0 saturated carbocycles. The maximum atomic E-state index is 3.95. The van der Waals surface area contributed by atoms with Gasteiger partial charge in [0, 0.05) is 60.8 Å². The molecule has 1 N–H and O–H groups in total. The van der Waals surface area contributed by atoms with Crippen molar-refractivity contribution in [3.05, 3.63) is 169 Å². The fourth-order valence-electron chi connectivity index (χ4n) is 8.84. The van der Waals surface area contributed by atoms with Crippen molar-refractivity contribution >= 4 is 84.0 Å². The van der Waals surface area contributed by atoms with Crippen LogP contribution in [0.2, 0.25) is 0 Å². The predicted octanol–water partition coefficient (Wildman–Crippen LogP) is 10.5. The van der Waals surface area contributed by atoms with Crippen molar-refractivity contribution in [3.8, 4) is 22.5 Å². The lowest BCUT2D eigenvalue weighted by Crippen LogP contribution is -2.37. The minimum absolute atomic E-state index is 0.848. The molecule has 0 amide bonds. The molecule has 8 aromatic carbocycles. The highest BCUT2D eigenvalue weighted by molar-refractivity contribution is 6.74. The molecule has 10 aromatic rings. The van der Waals surface area contributed by atoms with Crippen molar-refractivity contribution < 1.29 is 0 Å². The Morgan fingerprint density at radius 3 is 2.04 bits per heavy atom. The van der Waals surface area contributed by atoms with Crippen LogP contribution in [0.15, 0.2) is 164 Å². The van der Waals surface area contributed by atoms with Gasteiger partial charge in [0.25, 0.3) is 0 Å². The van der Waals surface area contributed by atoms with Crippen molar-refractivity contribution in [2.45, 2.75) is 6.92 Å². The number of aromatic nitrogens is 2. The summed E-state index contributed by atoms with van der Waals surface area (Å²) in [6.45, 7) is 2.18. The first-order valence-corrected chi connectivity index (χ1v) is 17.8. The summed E-state index contributed by atoms with van der Waals surface area (Å²) in [6, 6.07) is 60.0. The number of hydrogen-bond donors (Lipinski definition) is 1. The van der Waals surface area contributed by atoms with Gasteiger partial charge >= 0.3 is 0 Å². The van der Waals surface area contributed by atoms with Gasteiger partial charge in [-0.25, -0.2) is 0 Å². The molecule has 1 aliphatic heterocycles. The van der Waals surface area contributed by atoms with E-state index in [1.54, 1.807) is 0 Å². The quantitative estimate of drug-likeness (QED) is 0.188. The lowest BCUT2D eigenvalue weighted by atomic mass is 9.58. The number of hydrogen-bond acceptors (Lipinski definition) is 1. The highest BCUT2D eigenvalue weighted by atomic mass is 15.0. The van der Waals surface area contributed by atoms with E-state index < -0.39 is 0 Å². The molecule has 2 aromatic heterocycles. The molecule has 0 bridgehead atoms. The van der Waals surface area contributed by atoms with E-state index in [1.165, 1.54) is 87.7 Å². The average Bonchev–Trinajstić information content (AvgIpc) is 3.70. The molecule has 0 radical (unpaired) electrons. The number of nitrogens with zero attached hydrogens (tertiary/aromatic N) is 2. The zero-order chi connectivity index (χ0) is 33.6. The minimum Gasteiger partial charge on any atom is -0.355 e. The lowest BCUT2D eigenvalue weighted by Gasteiger charge is -2.27. The van der Waals surface area contributed by atoms with E-state index in [0.717, 1.165) is 24.3 Å². The molecule has 11 rings (SSSR count). The Kier molecular flexibility index (Phi) is 5.97. The Morgan fingerprint density at radius 1 is 0.510 bits per heavy atom. The topological polar surface area (TPSA) is 21.9 Å². The highest BCUT2D eigenvalue weighted by Crippen LogP contribution is 2.45. The summed E-state index contributed by atoms with van der Waals surface area (Å²) in [5, 5.41) is 11.6. The Morgan fingerprint density at radius 2 is 1.20 bits per heavy atom. The summed E-state index contributed by atoms with van der Waals surface area (Å²) >= 11 is 0. The zero-order valence-electron chi connectivity index (χ0n) is 28.2. The third-order valence-corrected chi connectivity index (χ3v) is 11.0. The van der Waals surface area contributed by atoms with Gasteiger partial charge < -0.3 is 14.5 Å². The van der Waals surface area contributed by atoms with E-state index in [1.807, 2.05) is 0 Å². The number of para-hydroxylation sites is 5. The van der Waals surface area contributed by atoms with E-state index >= 15 is 0 Å². The molecular formula is C47H32BN3. The third kappa shape index (κ3) is 4.02. The average molecular weight is 650 g/mol. The molecule has 0 spiro atoms. The summed E-state index contributed by atoms with van der Waals surface area (Å²) in [5.74, 6) is 0. The van der Waals surface area contributed by atoms with Gasteiger partial charge in [-0.2, -0.15) is 0 Å². The maximum absolute atomic E-state index is 3.95. The van der Waals surface area contributed by atoms with Gasteiger partial charge in [-0.3, -0.25) is 0 Å². The summed E-state index contributed by atoms with van der Waals surface area (Å²) in [6.07, 6.45) is 0. The van der Waals surface area contributed by atoms with Crippen LogP contribution in [0.1, 0.15) is 5.56 Å². The van der Waals surface area contributed by atoms with Crippen molar-refractivity contribution in [2.75, 3.05) is 5.32 Å². The molecule has 3 nitrogen and oxygen atoms in total. The first-order valence-electron chi connectivity index (χ1n) is 17.8. The van der Waals surface area contributed by atoms with Gasteiger partial charge in [-0.15, -0.1) is 0 Å². The van der Waals surface area contributed by atoms with Crippen LogP contribution in [0.25, 0.3) is 76.9 Å². The Balaban J connectivity index is 1.33. The summed E-state index contributed by atoms with van der Waals surface area (Å²) in [4.78, 5) is 0.